The van der Waals surface area contributed by atoms with E-state index in [4.69, 9.17) is 21.4 Å². The normalized spacial score (nSPS) is 19.7. The summed E-state index contributed by atoms with van der Waals surface area (Å²) in [5.74, 6) is 0.667. The van der Waals surface area contributed by atoms with E-state index in [0.717, 1.165) is 13.2 Å². The van der Waals surface area contributed by atoms with E-state index in [1.54, 1.807) is 6.92 Å². The monoisotopic (exact) mass is 226 g/mol. The molecule has 0 aromatic rings. The van der Waals surface area contributed by atoms with Gasteiger partial charge in [0.25, 0.3) is 0 Å². The van der Waals surface area contributed by atoms with Gasteiger partial charge in [0.1, 0.15) is 6.23 Å². The van der Waals surface area contributed by atoms with Gasteiger partial charge in [0.05, 0.1) is 18.6 Å². The summed E-state index contributed by atoms with van der Waals surface area (Å²) in [6.07, 6.45) is 0.0478. The Hall–Kier alpha value is 0.130. The van der Waals surface area contributed by atoms with Crippen molar-refractivity contribution in [1.82, 2.24) is 10.6 Å². The molecule has 1 saturated heterocycles. The molecule has 4 nitrogen and oxygen atoms in total. The molecule has 2 unspecified atom stereocenters. The van der Waals surface area contributed by atoms with E-state index in [1.165, 1.54) is 0 Å². The zero-order valence-electron chi connectivity index (χ0n) is 9.51. The second-order valence-electron chi connectivity index (χ2n) is 2.84. The number of aliphatic hydroxyl groups is 1. The lowest BCUT2D eigenvalue weighted by atomic mass is 10.6. The first-order valence-corrected chi connectivity index (χ1v) is 5.33. The van der Waals surface area contributed by atoms with E-state index in [2.05, 4.69) is 10.6 Å². The molecule has 0 spiro atoms. The molecule has 0 saturated carbocycles. The van der Waals surface area contributed by atoms with Gasteiger partial charge in [0.2, 0.25) is 0 Å². The number of rotatable bonds is 3. The van der Waals surface area contributed by atoms with Crippen molar-refractivity contribution in [2.75, 3.05) is 33.1 Å². The Bertz CT molecular complexity index is 101. The predicted molar refractivity (Wildman–Crippen MR) is 60.8 cm³/mol. The Kier molecular flexibility index (Phi) is 15.5. The van der Waals surface area contributed by atoms with Crippen molar-refractivity contribution in [2.24, 2.45) is 0 Å². The quantitative estimate of drug-likeness (QED) is 0.370. The molecule has 14 heavy (non-hydrogen) atoms. The van der Waals surface area contributed by atoms with Gasteiger partial charge in [-0.2, -0.15) is 0 Å². The van der Waals surface area contributed by atoms with Crippen LogP contribution in [0.25, 0.3) is 0 Å². The van der Waals surface area contributed by atoms with Crippen LogP contribution in [-0.4, -0.2) is 50.6 Å². The summed E-state index contributed by atoms with van der Waals surface area (Å²) in [6.45, 7) is 5.36. The number of ether oxygens (including phenoxy) is 1. The van der Waals surface area contributed by atoms with Gasteiger partial charge in [0, 0.05) is 0 Å². The number of epoxide rings is 1. The summed E-state index contributed by atoms with van der Waals surface area (Å²) in [5, 5.41) is 14.0. The lowest BCUT2D eigenvalue weighted by molar-refractivity contribution is 0.159. The summed E-state index contributed by atoms with van der Waals surface area (Å²) < 4.78 is 4.73. The van der Waals surface area contributed by atoms with E-state index >= 15 is 0 Å². The summed E-state index contributed by atoms with van der Waals surface area (Å²) in [4.78, 5) is 0. The molecule has 1 heterocycles. The number of aliphatic hydroxyl groups excluding tert-OH is 1. The average molecular weight is 227 g/mol. The highest BCUT2D eigenvalue weighted by Gasteiger charge is 2.19. The van der Waals surface area contributed by atoms with Gasteiger partial charge in [-0.3, -0.25) is 5.32 Å². The zero-order valence-corrected chi connectivity index (χ0v) is 10.3. The van der Waals surface area contributed by atoms with Crippen LogP contribution in [0.1, 0.15) is 13.8 Å². The third-order valence-electron chi connectivity index (χ3n) is 1.07. The molecular formula is C9H23ClN2O2. The minimum atomic E-state index is -0.352. The molecule has 1 fully saturated rings. The maximum absolute atomic E-state index is 8.44. The van der Waals surface area contributed by atoms with Crippen molar-refractivity contribution in [3.63, 3.8) is 0 Å². The Balaban J connectivity index is 0. The van der Waals surface area contributed by atoms with Crippen LogP contribution in [0.5, 0.6) is 0 Å². The van der Waals surface area contributed by atoms with Gasteiger partial charge >= 0.3 is 0 Å². The van der Waals surface area contributed by atoms with Crippen molar-refractivity contribution in [3.8, 4) is 0 Å². The van der Waals surface area contributed by atoms with E-state index in [1.807, 2.05) is 21.0 Å². The Morgan fingerprint density at radius 3 is 2.00 bits per heavy atom. The van der Waals surface area contributed by atoms with E-state index in [9.17, 15) is 0 Å². The molecule has 0 bridgehead atoms. The molecule has 1 rings (SSSR count). The highest BCUT2D eigenvalue weighted by Crippen LogP contribution is 2.08. The summed E-state index contributed by atoms with van der Waals surface area (Å²) in [7, 11) is 3.75. The Morgan fingerprint density at radius 1 is 1.57 bits per heavy atom. The predicted octanol–water partition coefficient (Wildman–Crippen LogP) is 0.394. The first-order chi connectivity index (χ1) is 6.62. The van der Waals surface area contributed by atoms with Gasteiger partial charge in [0.15, 0.2) is 0 Å². The van der Waals surface area contributed by atoms with Crippen LogP contribution < -0.4 is 10.6 Å². The van der Waals surface area contributed by atoms with Crippen LogP contribution in [0.3, 0.4) is 0 Å². The molecule has 1 aliphatic heterocycles. The van der Waals surface area contributed by atoms with Crippen LogP contribution in [-0.2, 0) is 4.74 Å². The highest BCUT2D eigenvalue weighted by atomic mass is 35.5. The number of hydrogen-bond acceptors (Lipinski definition) is 4. The van der Waals surface area contributed by atoms with Gasteiger partial charge in [-0.15, -0.1) is 11.6 Å². The van der Waals surface area contributed by atoms with Crippen LogP contribution in [0, 0.1) is 0 Å². The number of halogens is 1. The first kappa shape index (κ1) is 16.6. The summed E-state index contributed by atoms with van der Waals surface area (Å²) in [5.41, 5.74) is 0. The van der Waals surface area contributed by atoms with Crippen molar-refractivity contribution in [1.29, 1.82) is 0 Å². The first-order valence-electron chi connectivity index (χ1n) is 4.79. The minimum absolute atomic E-state index is 0.352. The number of nitrogens with one attached hydrogen (secondary N) is 2. The molecule has 3 N–H and O–H groups in total. The van der Waals surface area contributed by atoms with E-state index in [-0.39, 0.29) is 6.23 Å². The lowest BCUT2D eigenvalue weighted by Crippen LogP contribution is -2.24. The molecule has 0 aromatic heterocycles. The maximum atomic E-state index is 8.44. The smallest absolute Gasteiger partial charge is 0.102 e. The van der Waals surface area contributed by atoms with Crippen molar-refractivity contribution in [3.05, 3.63) is 0 Å². The Labute approximate surface area is 92.0 Å². The third-order valence-corrected chi connectivity index (χ3v) is 1.42. The SMILES string of the molecule is CCNC(C)O.CNC.ClCC1CO1. The lowest BCUT2D eigenvalue weighted by Gasteiger charge is -2.00. The highest BCUT2D eigenvalue weighted by molar-refractivity contribution is 6.18. The molecule has 0 radical (unpaired) electrons. The minimum Gasteiger partial charge on any atom is -0.379 e. The standard InChI is InChI=1S/C4H11NO.C3H5ClO.C2H7N/c1-3-5-4(2)6;4-1-3-2-5-3;1-3-2/h4-6H,3H2,1-2H3;3H,1-2H2;3H,1-2H3. The summed E-state index contributed by atoms with van der Waals surface area (Å²) >= 11 is 5.27. The number of hydrogen-bond donors (Lipinski definition) is 3. The molecular weight excluding hydrogens is 204 g/mol. The van der Waals surface area contributed by atoms with Crippen LogP contribution >= 0.6 is 11.6 Å². The van der Waals surface area contributed by atoms with Gasteiger partial charge < -0.3 is 15.2 Å². The molecule has 88 valence electrons. The fourth-order valence-electron chi connectivity index (χ4n) is 0.453. The second-order valence-corrected chi connectivity index (χ2v) is 3.15. The van der Waals surface area contributed by atoms with Crippen molar-refractivity contribution < 1.29 is 9.84 Å². The molecule has 5 heteroatoms. The van der Waals surface area contributed by atoms with Gasteiger partial charge in [-0.1, -0.05) is 6.92 Å². The second kappa shape index (κ2) is 13.1. The van der Waals surface area contributed by atoms with E-state index in [0.29, 0.717) is 12.0 Å². The molecule has 0 aliphatic carbocycles. The largest absolute Gasteiger partial charge is 0.379 e. The van der Waals surface area contributed by atoms with Crippen molar-refractivity contribution in [2.45, 2.75) is 26.2 Å². The third kappa shape index (κ3) is 22.7. The molecule has 0 amide bonds. The summed E-state index contributed by atoms with van der Waals surface area (Å²) in [6, 6.07) is 0. The van der Waals surface area contributed by atoms with Gasteiger partial charge in [-0.25, -0.2) is 0 Å². The Morgan fingerprint density at radius 2 is 2.00 bits per heavy atom. The topological polar surface area (TPSA) is 56.8 Å². The fourth-order valence-corrected chi connectivity index (χ4v) is 0.631. The number of alkyl halides is 1. The average Bonchev–Trinajstić information content (AvgIpc) is 2.88. The van der Waals surface area contributed by atoms with Crippen LogP contribution in [0.15, 0.2) is 0 Å². The van der Waals surface area contributed by atoms with E-state index < -0.39 is 0 Å². The van der Waals surface area contributed by atoms with Crippen LogP contribution in [0.4, 0.5) is 0 Å². The molecule has 0 aromatic carbocycles. The fraction of sp³-hybridized carbons (Fsp3) is 1.00. The zero-order chi connectivity index (χ0) is 11.4. The maximum Gasteiger partial charge on any atom is 0.102 e. The molecule has 1 aliphatic rings. The van der Waals surface area contributed by atoms with Gasteiger partial charge in [-0.05, 0) is 27.6 Å². The molecule has 2 atom stereocenters. The van der Waals surface area contributed by atoms with Crippen LogP contribution in [0.2, 0.25) is 0 Å². The van der Waals surface area contributed by atoms with Crippen molar-refractivity contribution >= 4 is 11.6 Å².